The number of rotatable bonds is 6. The highest BCUT2D eigenvalue weighted by molar-refractivity contribution is 6.12. The smallest absolute Gasteiger partial charge is 0.145 e. The van der Waals surface area contributed by atoms with E-state index in [1.165, 1.54) is 44.3 Å². The number of pyridine rings is 1. The molecule has 3 nitrogen and oxygen atoms in total. The zero-order valence-electron chi connectivity index (χ0n) is 27.9. The topological polar surface area (TPSA) is 21.1 Å². The third-order valence-electron chi connectivity index (χ3n) is 10.5. The molecule has 0 N–H and O–H groups in total. The molecule has 0 saturated carbocycles. The number of benzene rings is 7. The van der Waals surface area contributed by atoms with Gasteiger partial charge in [0.15, 0.2) is 0 Å². The Morgan fingerprint density at radius 3 is 1.61 bits per heavy atom. The Bertz CT molecular complexity index is 2590. The van der Waals surface area contributed by atoms with Crippen LogP contribution in [0.1, 0.15) is 22.3 Å². The molecule has 51 heavy (non-hydrogen) atoms. The van der Waals surface area contributed by atoms with Gasteiger partial charge in [-0.3, -0.25) is 4.57 Å². The minimum atomic E-state index is -0.652. The summed E-state index contributed by atoms with van der Waals surface area (Å²) in [5.74, 6) is 0. The Labute approximate surface area is 297 Å². The van der Waals surface area contributed by atoms with Crippen molar-refractivity contribution in [3.8, 4) is 16.8 Å². The van der Waals surface area contributed by atoms with Crippen molar-refractivity contribution >= 4 is 39.0 Å². The van der Waals surface area contributed by atoms with Crippen molar-refractivity contribution in [2.24, 2.45) is 0 Å². The zero-order valence-corrected chi connectivity index (χ0v) is 27.9. The van der Waals surface area contributed by atoms with Crippen molar-refractivity contribution in [3.63, 3.8) is 0 Å². The van der Waals surface area contributed by atoms with E-state index in [2.05, 4.69) is 204 Å². The van der Waals surface area contributed by atoms with Crippen molar-refractivity contribution in [1.29, 1.82) is 0 Å². The molecule has 1 aliphatic rings. The predicted molar refractivity (Wildman–Crippen MR) is 211 cm³/mol. The molecule has 9 aromatic rings. The van der Waals surface area contributed by atoms with Crippen LogP contribution in [0.25, 0.3) is 38.8 Å². The number of para-hydroxylation sites is 2. The number of hydrogen-bond acceptors (Lipinski definition) is 2. The van der Waals surface area contributed by atoms with E-state index in [-0.39, 0.29) is 0 Å². The second-order valence-electron chi connectivity index (χ2n) is 13.2. The van der Waals surface area contributed by atoms with Crippen LogP contribution in [0.5, 0.6) is 0 Å². The maximum absolute atomic E-state index is 5.06. The van der Waals surface area contributed by atoms with Gasteiger partial charge in [0.05, 0.1) is 16.6 Å². The second kappa shape index (κ2) is 11.7. The highest BCUT2D eigenvalue weighted by atomic mass is 15.1. The van der Waals surface area contributed by atoms with Crippen LogP contribution in [0.4, 0.5) is 17.1 Å². The van der Waals surface area contributed by atoms with Gasteiger partial charge >= 0.3 is 0 Å². The molecule has 10 rings (SSSR count). The van der Waals surface area contributed by atoms with E-state index in [0.29, 0.717) is 0 Å². The van der Waals surface area contributed by atoms with Crippen LogP contribution in [-0.2, 0) is 5.41 Å². The molecule has 1 aliphatic heterocycles. The molecule has 0 aliphatic carbocycles. The van der Waals surface area contributed by atoms with E-state index >= 15 is 0 Å². The maximum atomic E-state index is 5.06. The zero-order chi connectivity index (χ0) is 33.8. The fraction of sp³-hybridized carbons (Fsp3) is 0.0208. The van der Waals surface area contributed by atoms with Gasteiger partial charge in [-0.15, -0.1) is 0 Å². The van der Waals surface area contributed by atoms with Crippen molar-refractivity contribution in [2.45, 2.75) is 5.41 Å². The molecule has 0 atom stereocenters. The molecule has 0 unspecified atom stereocenters. The molecule has 7 aromatic carbocycles. The summed E-state index contributed by atoms with van der Waals surface area (Å²) in [6.45, 7) is 0. The Morgan fingerprint density at radius 1 is 0.431 bits per heavy atom. The average Bonchev–Trinajstić information content (AvgIpc) is 3.55. The average molecular weight is 652 g/mol. The highest BCUT2D eigenvalue weighted by Crippen LogP contribution is 2.56. The molecule has 0 amide bonds. The van der Waals surface area contributed by atoms with E-state index in [1.54, 1.807) is 0 Å². The van der Waals surface area contributed by atoms with Crippen LogP contribution in [-0.4, -0.2) is 9.55 Å². The molecule has 0 fully saturated rings. The Balaban J connectivity index is 1.40. The lowest BCUT2D eigenvalue weighted by Gasteiger charge is -2.42. The van der Waals surface area contributed by atoms with E-state index < -0.39 is 5.41 Å². The minimum Gasteiger partial charge on any atom is -0.310 e. The van der Waals surface area contributed by atoms with Gasteiger partial charge < -0.3 is 4.90 Å². The molecular weight excluding hydrogens is 619 g/mol. The predicted octanol–water partition coefficient (Wildman–Crippen LogP) is 12.0. The second-order valence-corrected chi connectivity index (χ2v) is 13.2. The van der Waals surface area contributed by atoms with E-state index in [1.807, 2.05) is 6.20 Å². The van der Waals surface area contributed by atoms with Gasteiger partial charge in [-0.1, -0.05) is 127 Å². The van der Waals surface area contributed by atoms with Crippen LogP contribution < -0.4 is 4.90 Å². The summed E-state index contributed by atoms with van der Waals surface area (Å²) in [6.07, 6.45) is 1.92. The van der Waals surface area contributed by atoms with Crippen LogP contribution >= 0.6 is 0 Å². The first kappa shape index (κ1) is 29.2. The number of anilines is 3. The SMILES string of the molecule is c1ccc(-c2cc3c4c(c2)c2cccnc2n4-c2ccc(N(c4ccccc4)c4ccccc4)cc2C3(c2ccccc2)c2ccccc2)cc1. The van der Waals surface area contributed by atoms with Crippen LogP contribution in [0.2, 0.25) is 0 Å². The fourth-order valence-corrected chi connectivity index (χ4v) is 8.36. The quantitative estimate of drug-likeness (QED) is 0.178. The minimum absolute atomic E-state index is 0.652. The number of hydrogen-bond donors (Lipinski definition) is 0. The maximum Gasteiger partial charge on any atom is 0.145 e. The molecule has 240 valence electrons. The molecule has 2 aromatic heterocycles. The summed E-state index contributed by atoms with van der Waals surface area (Å²) < 4.78 is 2.41. The molecule has 0 saturated heterocycles. The Morgan fingerprint density at radius 2 is 1.00 bits per heavy atom. The summed E-state index contributed by atoms with van der Waals surface area (Å²) in [5.41, 5.74) is 13.2. The first-order valence-electron chi connectivity index (χ1n) is 17.5. The summed E-state index contributed by atoms with van der Waals surface area (Å²) >= 11 is 0. The monoisotopic (exact) mass is 651 g/mol. The van der Waals surface area contributed by atoms with Crippen molar-refractivity contribution in [2.75, 3.05) is 4.90 Å². The number of fused-ring (bicyclic) bond motifs is 5. The fourth-order valence-electron chi connectivity index (χ4n) is 8.36. The molecular formula is C48H33N3. The van der Waals surface area contributed by atoms with Crippen molar-refractivity contribution < 1.29 is 0 Å². The molecule has 0 bridgehead atoms. The van der Waals surface area contributed by atoms with E-state index in [4.69, 9.17) is 4.98 Å². The molecule has 0 spiro atoms. The van der Waals surface area contributed by atoms with Crippen LogP contribution in [0.15, 0.2) is 200 Å². The molecule has 0 radical (unpaired) electrons. The van der Waals surface area contributed by atoms with Gasteiger partial charge in [0.1, 0.15) is 5.65 Å². The molecule has 3 heterocycles. The van der Waals surface area contributed by atoms with Crippen LogP contribution in [0, 0.1) is 0 Å². The lowest BCUT2D eigenvalue weighted by Crippen LogP contribution is -2.35. The van der Waals surface area contributed by atoms with Crippen molar-refractivity contribution in [1.82, 2.24) is 9.55 Å². The van der Waals surface area contributed by atoms with Gasteiger partial charge in [-0.2, -0.15) is 0 Å². The van der Waals surface area contributed by atoms with Gasteiger partial charge in [0.25, 0.3) is 0 Å². The van der Waals surface area contributed by atoms with Gasteiger partial charge in [-0.05, 0) is 100 Å². The standard InChI is InChI=1S/C48H33N3/c1-6-17-34(18-7-1)35-31-42-41-27-16-30-49-47(41)51-45-29-28-40(50(38-23-12-4-13-24-38)39-25-14-5-15-26-39)33-43(45)48(44(32-35)46(42)51,36-19-8-2-9-20-36)37-21-10-3-11-22-37/h1-33H. The normalized spacial score (nSPS) is 12.9. The van der Waals surface area contributed by atoms with Crippen molar-refractivity contribution in [3.05, 3.63) is 223 Å². The number of aromatic nitrogens is 2. The summed E-state index contributed by atoms with van der Waals surface area (Å²) in [6, 6.07) is 70.3. The van der Waals surface area contributed by atoms with E-state index in [9.17, 15) is 0 Å². The lowest BCUT2D eigenvalue weighted by atomic mass is 9.62. The van der Waals surface area contributed by atoms with Gasteiger partial charge in [0, 0.05) is 34.0 Å². The summed E-state index contributed by atoms with van der Waals surface area (Å²) in [5, 5.41) is 2.35. The molecule has 3 heteroatoms. The highest BCUT2D eigenvalue weighted by Gasteiger charge is 2.46. The third kappa shape index (κ3) is 4.42. The Hall–Kier alpha value is -6.71. The van der Waals surface area contributed by atoms with Crippen LogP contribution in [0.3, 0.4) is 0 Å². The largest absolute Gasteiger partial charge is 0.310 e. The van der Waals surface area contributed by atoms with Gasteiger partial charge in [0.2, 0.25) is 0 Å². The summed E-state index contributed by atoms with van der Waals surface area (Å²) in [4.78, 5) is 7.42. The van der Waals surface area contributed by atoms with E-state index in [0.717, 1.165) is 33.8 Å². The number of nitrogens with zero attached hydrogens (tertiary/aromatic N) is 3. The first-order chi connectivity index (χ1) is 25.3. The summed E-state index contributed by atoms with van der Waals surface area (Å²) in [7, 11) is 0. The third-order valence-corrected chi connectivity index (χ3v) is 10.5. The van der Waals surface area contributed by atoms with Gasteiger partial charge in [-0.25, -0.2) is 4.98 Å². The first-order valence-corrected chi connectivity index (χ1v) is 17.5. The lowest BCUT2D eigenvalue weighted by molar-refractivity contribution is 0.727. The Kier molecular flexibility index (Phi) is 6.71.